The molecule has 1 heterocycles. The van der Waals surface area contributed by atoms with Crippen LogP contribution in [0.5, 0.6) is 11.5 Å². The van der Waals surface area contributed by atoms with Crippen molar-refractivity contribution in [1.29, 1.82) is 0 Å². The fourth-order valence-corrected chi connectivity index (χ4v) is 4.84. The van der Waals surface area contributed by atoms with E-state index in [0.717, 1.165) is 52.3 Å². The Kier molecular flexibility index (Phi) is 8.10. The molecular formula is C30H34N2O6. The van der Waals surface area contributed by atoms with Gasteiger partial charge in [0, 0.05) is 59.2 Å². The minimum absolute atomic E-state index is 0.000295. The molecular weight excluding hydrogens is 484 g/mol. The topological polar surface area (TPSA) is 117 Å². The first-order chi connectivity index (χ1) is 18.2. The molecule has 0 radical (unpaired) electrons. The van der Waals surface area contributed by atoms with Crippen molar-refractivity contribution in [3.63, 3.8) is 0 Å². The zero-order valence-electron chi connectivity index (χ0n) is 22.2. The molecule has 0 saturated heterocycles. The van der Waals surface area contributed by atoms with Gasteiger partial charge in [-0.3, -0.25) is 4.79 Å². The maximum Gasteiger partial charge on any atom is 0.336 e. The summed E-state index contributed by atoms with van der Waals surface area (Å²) in [6.45, 7) is 9.83. The number of anilines is 1. The molecule has 1 aliphatic heterocycles. The number of nitrogens with one attached hydrogen (secondary N) is 2. The van der Waals surface area contributed by atoms with E-state index < -0.39 is 18.0 Å². The maximum absolute atomic E-state index is 12.4. The van der Waals surface area contributed by atoms with Gasteiger partial charge in [-0.1, -0.05) is 0 Å². The normalized spacial score (nSPS) is 15.9. The van der Waals surface area contributed by atoms with E-state index in [4.69, 9.17) is 14.6 Å². The van der Waals surface area contributed by atoms with E-state index in [9.17, 15) is 14.7 Å². The molecule has 0 fully saturated rings. The van der Waals surface area contributed by atoms with E-state index >= 15 is 0 Å². The molecule has 2 aliphatic rings. The van der Waals surface area contributed by atoms with Crippen LogP contribution in [-0.4, -0.2) is 48.0 Å². The first kappa shape index (κ1) is 26.9. The molecule has 1 aliphatic carbocycles. The summed E-state index contributed by atoms with van der Waals surface area (Å²) < 4.78 is 12.3. The summed E-state index contributed by atoms with van der Waals surface area (Å²) in [5.41, 5.74) is 7.13. The Balaban J connectivity index is 1.90. The predicted molar refractivity (Wildman–Crippen MR) is 147 cm³/mol. The van der Waals surface area contributed by atoms with Crippen LogP contribution >= 0.6 is 0 Å². The van der Waals surface area contributed by atoms with Gasteiger partial charge in [-0.05, 0) is 81.7 Å². The highest BCUT2D eigenvalue weighted by molar-refractivity contribution is 6.00. The van der Waals surface area contributed by atoms with Gasteiger partial charge in [0.2, 0.25) is 0 Å². The number of rotatable bonds is 11. The number of carbonyl (C=O) groups is 2. The van der Waals surface area contributed by atoms with Crippen LogP contribution in [0.1, 0.15) is 60.7 Å². The summed E-state index contributed by atoms with van der Waals surface area (Å²) >= 11 is 0. The average Bonchev–Trinajstić information content (AvgIpc) is 2.87. The molecule has 38 heavy (non-hydrogen) atoms. The fraction of sp³-hybridized carbons (Fsp3) is 0.333. The second kappa shape index (κ2) is 11.5. The maximum atomic E-state index is 12.4. The van der Waals surface area contributed by atoms with Gasteiger partial charge in [0.1, 0.15) is 17.6 Å². The molecule has 200 valence electrons. The Labute approximate surface area is 222 Å². The highest BCUT2D eigenvalue weighted by atomic mass is 16.5. The van der Waals surface area contributed by atoms with Crippen LogP contribution in [-0.2, 0) is 4.79 Å². The lowest BCUT2D eigenvalue weighted by molar-refractivity contribution is -0.137. The van der Waals surface area contributed by atoms with E-state index in [1.165, 1.54) is 0 Å². The standard InChI is InChI=1S/C30H34N2O6/c1-5-31-24-15-26-22(12-17(24)3)29(23-13-18(4)25(32-6-2)16-27(23)38-26)21-14-19(9-10-20(21)30(35)36)37-11-7-8-28(33)34/h9-10,12-16,26,31-32H,5-8,11H2,1-4H3,(H,33,34)(H,35,36)/t26-/m0/s1. The molecule has 4 N–H and O–H groups in total. The van der Waals surface area contributed by atoms with Crippen molar-refractivity contribution in [2.24, 2.45) is 0 Å². The first-order valence-electron chi connectivity index (χ1n) is 12.9. The van der Waals surface area contributed by atoms with Crippen LogP contribution < -0.4 is 20.1 Å². The largest absolute Gasteiger partial charge is 0.494 e. The number of likely N-dealkylation sites (N-methyl/N-ethyl adjacent to an activating group) is 1. The third kappa shape index (κ3) is 5.54. The molecule has 8 heteroatoms. The molecule has 8 nitrogen and oxygen atoms in total. The fourth-order valence-electron chi connectivity index (χ4n) is 4.84. The van der Waals surface area contributed by atoms with Crippen LogP contribution in [0.3, 0.4) is 0 Å². The van der Waals surface area contributed by atoms with E-state index in [2.05, 4.69) is 16.7 Å². The molecule has 0 aromatic heterocycles. The summed E-state index contributed by atoms with van der Waals surface area (Å²) in [7, 11) is 0. The van der Waals surface area contributed by atoms with Crippen molar-refractivity contribution >= 4 is 23.2 Å². The van der Waals surface area contributed by atoms with E-state index in [1.54, 1.807) is 18.2 Å². The van der Waals surface area contributed by atoms with Gasteiger partial charge in [-0.15, -0.1) is 0 Å². The summed E-state index contributed by atoms with van der Waals surface area (Å²) in [5, 5.41) is 25.8. The van der Waals surface area contributed by atoms with Gasteiger partial charge < -0.3 is 30.3 Å². The highest BCUT2D eigenvalue weighted by Gasteiger charge is 2.33. The van der Waals surface area contributed by atoms with Crippen molar-refractivity contribution in [3.8, 4) is 11.5 Å². The van der Waals surface area contributed by atoms with Crippen LogP contribution in [0.25, 0.3) is 5.57 Å². The average molecular weight is 519 g/mol. The van der Waals surface area contributed by atoms with E-state index in [-0.39, 0.29) is 18.6 Å². The Hall–Kier alpha value is -4.20. The number of aliphatic carboxylic acids is 1. The molecule has 0 saturated carbocycles. The van der Waals surface area contributed by atoms with Crippen molar-refractivity contribution in [3.05, 3.63) is 81.6 Å². The number of benzene rings is 2. The Morgan fingerprint density at radius 3 is 2.47 bits per heavy atom. The van der Waals surface area contributed by atoms with E-state index in [0.29, 0.717) is 23.5 Å². The highest BCUT2D eigenvalue weighted by Crippen LogP contribution is 2.46. The molecule has 4 rings (SSSR count). The number of aromatic carboxylic acids is 1. The van der Waals surface area contributed by atoms with Crippen LogP contribution in [0.2, 0.25) is 0 Å². The number of hydrogen-bond donors (Lipinski definition) is 4. The lowest BCUT2D eigenvalue weighted by atomic mass is 9.82. The van der Waals surface area contributed by atoms with Crippen molar-refractivity contribution < 1.29 is 29.3 Å². The number of carboxylic acid groups (broad SMARTS) is 2. The molecule has 0 amide bonds. The van der Waals surface area contributed by atoms with Crippen molar-refractivity contribution in [2.45, 2.75) is 46.6 Å². The molecule has 0 bridgehead atoms. The number of carboxylic acids is 2. The second-order valence-electron chi connectivity index (χ2n) is 9.36. The minimum Gasteiger partial charge on any atom is -0.494 e. The molecule has 1 atom stereocenters. The van der Waals surface area contributed by atoms with E-state index in [1.807, 2.05) is 45.9 Å². The van der Waals surface area contributed by atoms with Gasteiger partial charge in [-0.2, -0.15) is 0 Å². The van der Waals surface area contributed by atoms with Crippen LogP contribution in [0.15, 0.2) is 59.3 Å². The number of hydrogen-bond acceptors (Lipinski definition) is 6. The second-order valence-corrected chi connectivity index (χ2v) is 9.36. The number of aryl methyl sites for hydroxylation is 1. The van der Waals surface area contributed by atoms with Crippen LogP contribution in [0.4, 0.5) is 5.69 Å². The van der Waals surface area contributed by atoms with Crippen LogP contribution in [0, 0.1) is 6.92 Å². The smallest absolute Gasteiger partial charge is 0.336 e. The zero-order valence-corrected chi connectivity index (χ0v) is 22.2. The molecule has 0 unspecified atom stereocenters. The van der Waals surface area contributed by atoms with Gasteiger partial charge in [0.25, 0.3) is 0 Å². The number of fused-ring (bicyclic) bond motifs is 2. The Bertz CT molecular complexity index is 1350. The third-order valence-corrected chi connectivity index (χ3v) is 6.59. The first-order valence-corrected chi connectivity index (χ1v) is 12.9. The Morgan fingerprint density at radius 2 is 1.79 bits per heavy atom. The van der Waals surface area contributed by atoms with Gasteiger partial charge in [0.15, 0.2) is 0 Å². The monoisotopic (exact) mass is 518 g/mol. The van der Waals surface area contributed by atoms with Crippen molar-refractivity contribution in [2.75, 3.05) is 25.0 Å². The quantitative estimate of drug-likeness (QED) is 0.293. The summed E-state index contributed by atoms with van der Waals surface area (Å²) in [5.74, 6) is -0.783. The van der Waals surface area contributed by atoms with Gasteiger partial charge >= 0.3 is 11.9 Å². The number of ether oxygens (including phenoxy) is 2. The van der Waals surface area contributed by atoms with Gasteiger partial charge in [-0.25, -0.2) is 4.79 Å². The zero-order chi connectivity index (χ0) is 27.4. The third-order valence-electron chi connectivity index (χ3n) is 6.59. The Morgan fingerprint density at radius 1 is 1.03 bits per heavy atom. The van der Waals surface area contributed by atoms with Gasteiger partial charge in [0.05, 0.1) is 12.2 Å². The predicted octanol–water partition coefficient (Wildman–Crippen LogP) is 5.38. The SMILES string of the molecule is CCNC1=C[C@@H]2Oc3cc(NCC)c(C)cc3C(c3cc(OCCCC(=O)O)ccc3C(=O)O)=C2C=C1C. The summed E-state index contributed by atoms with van der Waals surface area (Å²) in [4.78, 5) is 23.3. The summed E-state index contributed by atoms with van der Waals surface area (Å²) in [6.07, 6.45) is 4.04. The lowest BCUT2D eigenvalue weighted by Crippen LogP contribution is -2.29. The number of allylic oxidation sites excluding steroid dienone is 1. The lowest BCUT2D eigenvalue weighted by Gasteiger charge is -2.33. The molecule has 2 aromatic carbocycles. The molecule has 0 spiro atoms. The minimum atomic E-state index is -1.04. The van der Waals surface area contributed by atoms with Crippen molar-refractivity contribution in [1.82, 2.24) is 5.32 Å². The molecule has 2 aromatic rings. The summed E-state index contributed by atoms with van der Waals surface area (Å²) in [6, 6.07) is 8.90.